The van der Waals surface area contributed by atoms with Crippen molar-refractivity contribution in [2.75, 3.05) is 0 Å². The molecule has 0 bridgehead atoms. The highest BCUT2D eigenvalue weighted by Gasteiger charge is 2.11. The van der Waals surface area contributed by atoms with E-state index in [0.717, 1.165) is 0 Å². The molecule has 1 aromatic rings. The molecule has 12 heavy (non-hydrogen) atoms. The summed E-state index contributed by atoms with van der Waals surface area (Å²) in [6, 6.07) is 8.20. The van der Waals surface area contributed by atoms with Gasteiger partial charge in [0.1, 0.15) is 0 Å². The lowest BCUT2D eigenvalue weighted by atomic mass is 10.1. The summed E-state index contributed by atoms with van der Waals surface area (Å²) in [5.74, 6) is -0.660. The monoisotopic (exact) mass is 186 g/mol. The van der Waals surface area contributed by atoms with Crippen LogP contribution < -0.4 is 0 Å². The van der Waals surface area contributed by atoms with E-state index >= 15 is 0 Å². The number of rotatable bonds is 2. The van der Waals surface area contributed by atoms with E-state index in [4.69, 9.17) is 11.6 Å². The van der Waals surface area contributed by atoms with Crippen molar-refractivity contribution < 1.29 is 15.1 Å². The SMILES string of the molecule is O.O=C(Cl)C(=O)c1ccccc1. The number of hydrogen-bond donors (Lipinski definition) is 0. The maximum atomic E-state index is 10.9. The minimum absolute atomic E-state index is 0. The second-order valence-electron chi connectivity index (χ2n) is 1.97. The molecule has 0 atom stereocenters. The fraction of sp³-hybridized carbons (Fsp3) is 0. The van der Waals surface area contributed by atoms with Crippen LogP contribution in [0.25, 0.3) is 0 Å². The molecule has 0 aliphatic carbocycles. The second-order valence-corrected chi connectivity index (χ2v) is 2.31. The molecule has 0 saturated carbocycles. The van der Waals surface area contributed by atoms with Crippen molar-refractivity contribution >= 4 is 22.6 Å². The molecular formula is C8H7ClO3. The van der Waals surface area contributed by atoms with Gasteiger partial charge in [-0.15, -0.1) is 0 Å². The van der Waals surface area contributed by atoms with E-state index in [1.807, 2.05) is 0 Å². The molecule has 0 saturated heterocycles. The number of hydrogen-bond acceptors (Lipinski definition) is 2. The van der Waals surface area contributed by atoms with E-state index in [1.54, 1.807) is 30.3 Å². The molecule has 0 aromatic heterocycles. The Bertz CT molecular complexity index is 282. The van der Waals surface area contributed by atoms with Gasteiger partial charge >= 0.3 is 0 Å². The summed E-state index contributed by atoms with van der Waals surface area (Å²) in [4.78, 5) is 21.2. The van der Waals surface area contributed by atoms with Gasteiger partial charge in [0.2, 0.25) is 5.78 Å². The highest BCUT2D eigenvalue weighted by atomic mass is 35.5. The quantitative estimate of drug-likeness (QED) is 0.390. The van der Waals surface area contributed by atoms with Crippen LogP contribution in [0.1, 0.15) is 10.4 Å². The van der Waals surface area contributed by atoms with Gasteiger partial charge in [0.05, 0.1) is 0 Å². The Kier molecular flexibility index (Phi) is 4.18. The summed E-state index contributed by atoms with van der Waals surface area (Å²) in [5.41, 5.74) is 0.326. The van der Waals surface area contributed by atoms with E-state index in [1.165, 1.54) is 0 Å². The predicted molar refractivity (Wildman–Crippen MR) is 45.2 cm³/mol. The smallest absolute Gasteiger partial charge is 0.293 e. The molecular weight excluding hydrogens is 180 g/mol. The topological polar surface area (TPSA) is 65.6 Å². The predicted octanol–water partition coefficient (Wildman–Crippen LogP) is 0.810. The van der Waals surface area contributed by atoms with Gasteiger partial charge in [0.15, 0.2) is 0 Å². The standard InChI is InChI=1S/C8H5ClO2.H2O/c9-8(11)7(10)6-4-2-1-3-5-6;/h1-5H;1H2. The summed E-state index contributed by atoms with van der Waals surface area (Å²) in [7, 11) is 0. The van der Waals surface area contributed by atoms with Crippen molar-refractivity contribution in [1.29, 1.82) is 0 Å². The summed E-state index contributed by atoms with van der Waals surface area (Å²) in [6.07, 6.45) is 0. The maximum absolute atomic E-state index is 10.9. The van der Waals surface area contributed by atoms with Crippen molar-refractivity contribution in [2.45, 2.75) is 0 Å². The molecule has 3 nitrogen and oxygen atoms in total. The first-order valence-electron chi connectivity index (χ1n) is 3.01. The highest BCUT2D eigenvalue weighted by molar-refractivity contribution is 6.83. The summed E-state index contributed by atoms with van der Waals surface area (Å²) < 4.78 is 0. The molecule has 0 heterocycles. The average molecular weight is 187 g/mol. The zero-order valence-corrected chi connectivity index (χ0v) is 6.84. The third kappa shape index (κ3) is 2.45. The minimum atomic E-state index is -0.948. The number of carbonyl (C=O) groups is 2. The van der Waals surface area contributed by atoms with Crippen LogP contribution in [-0.4, -0.2) is 16.5 Å². The molecule has 4 heteroatoms. The molecule has 64 valence electrons. The third-order valence-electron chi connectivity index (χ3n) is 1.21. The van der Waals surface area contributed by atoms with Gasteiger partial charge in [-0.1, -0.05) is 30.3 Å². The van der Waals surface area contributed by atoms with E-state index in [9.17, 15) is 9.59 Å². The molecule has 0 unspecified atom stereocenters. The van der Waals surface area contributed by atoms with Crippen molar-refractivity contribution in [2.24, 2.45) is 0 Å². The Labute approximate surface area is 74.3 Å². The number of halogens is 1. The highest BCUT2D eigenvalue weighted by Crippen LogP contribution is 2.01. The first-order valence-corrected chi connectivity index (χ1v) is 3.39. The Morgan fingerprint density at radius 3 is 2.00 bits per heavy atom. The van der Waals surface area contributed by atoms with Crippen LogP contribution in [0.15, 0.2) is 30.3 Å². The Hall–Kier alpha value is -1.19. The van der Waals surface area contributed by atoms with E-state index < -0.39 is 11.0 Å². The van der Waals surface area contributed by atoms with Crippen molar-refractivity contribution in [1.82, 2.24) is 0 Å². The normalized spacial score (nSPS) is 8.42. The lowest BCUT2D eigenvalue weighted by Crippen LogP contribution is -2.06. The molecule has 2 N–H and O–H groups in total. The zero-order chi connectivity index (χ0) is 8.27. The number of carbonyl (C=O) groups excluding carboxylic acids is 2. The van der Waals surface area contributed by atoms with Gasteiger partial charge in [0.25, 0.3) is 5.24 Å². The maximum Gasteiger partial charge on any atom is 0.293 e. The van der Waals surface area contributed by atoms with Gasteiger partial charge in [0, 0.05) is 5.56 Å². The summed E-state index contributed by atoms with van der Waals surface area (Å²) >= 11 is 4.97. The molecule has 1 rings (SSSR count). The van der Waals surface area contributed by atoms with Crippen molar-refractivity contribution in [3.8, 4) is 0 Å². The van der Waals surface area contributed by atoms with Gasteiger partial charge < -0.3 is 5.48 Å². The van der Waals surface area contributed by atoms with Crippen LogP contribution in [0.5, 0.6) is 0 Å². The lowest BCUT2D eigenvalue weighted by Gasteiger charge is -1.91. The van der Waals surface area contributed by atoms with Crippen LogP contribution in [0, 0.1) is 0 Å². The van der Waals surface area contributed by atoms with Gasteiger partial charge in [-0.25, -0.2) is 0 Å². The van der Waals surface area contributed by atoms with Crippen LogP contribution in [0.2, 0.25) is 0 Å². The molecule has 0 aliphatic rings. The first kappa shape index (κ1) is 10.8. The van der Waals surface area contributed by atoms with Crippen LogP contribution in [0.4, 0.5) is 0 Å². The van der Waals surface area contributed by atoms with Crippen LogP contribution in [-0.2, 0) is 4.79 Å². The number of benzene rings is 1. The summed E-state index contributed by atoms with van der Waals surface area (Å²) in [5, 5.41) is -0.948. The molecule has 0 fully saturated rings. The van der Waals surface area contributed by atoms with Crippen molar-refractivity contribution in [3.63, 3.8) is 0 Å². The number of Topliss-reactive ketones (excluding diaryl/α,β-unsaturated/α-hetero) is 1. The average Bonchev–Trinajstić information content (AvgIpc) is 2.05. The minimum Gasteiger partial charge on any atom is -0.412 e. The Morgan fingerprint density at radius 2 is 1.58 bits per heavy atom. The molecule has 0 radical (unpaired) electrons. The molecule has 0 amide bonds. The fourth-order valence-electron chi connectivity index (χ4n) is 0.703. The zero-order valence-electron chi connectivity index (χ0n) is 6.08. The molecule has 0 aliphatic heterocycles. The van der Waals surface area contributed by atoms with Gasteiger partial charge in [-0.05, 0) is 11.6 Å². The lowest BCUT2D eigenvalue weighted by molar-refractivity contribution is -0.108. The van der Waals surface area contributed by atoms with Gasteiger partial charge in [-0.2, -0.15) is 0 Å². The van der Waals surface area contributed by atoms with Crippen LogP contribution in [0.3, 0.4) is 0 Å². The first-order chi connectivity index (χ1) is 5.22. The molecule has 1 aromatic carbocycles. The van der Waals surface area contributed by atoms with Crippen molar-refractivity contribution in [3.05, 3.63) is 35.9 Å². The van der Waals surface area contributed by atoms with E-state index in [0.29, 0.717) is 5.56 Å². The molecule has 0 spiro atoms. The third-order valence-corrected chi connectivity index (χ3v) is 1.39. The Morgan fingerprint density at radius 1 is 1.08 bits per heavy atom. The second kappa shape index (κ2) is 4.64. The largest absolute Gasteiger partial charge is 0.412 e. The summed E-state index contributed by atoms with van der Waals surface area (Å²) in [6.45, 7) is 0. The fourth-order valence-corrected chi connectivity index (χ4v) is 0.812. The van der Waals surface area contributed by atoms with E-state index in [-0.39, 0.29) is 5.48 Å². The van der Waals surface area contributed by atoms with Gasteiger partial charge in [-0.3, -0.25) is 9.59 Å². The Balaban J connectivity index is 0.00000121. The van der Waals surface area contributed by atoms with Crippen LogP contribution >= 0.6 is 11.6 Å². The number of ketones is 1. The van der Waals surface area contributed by atoms with E-state index in [2.05, 4.69) is 0 Å².